The monoisotopic (exact) mass is 380 g/mol. The summed E-state index contributed by atoms with van der Waals surface area (Å²) in [5.74, 6) is 0.119. The van der Waals surface area contributed by atoms with Crippen LogP contribution in [0.2, 0.25) is 0 Å². The number of aromatic nitrogens is 2. The number of pyridine rings is 2. The molecule has 0 saturated carbocycles. The lowest BCUT2D eigenvalue weighted by Crippen LogP contribution is -2.49. The van der Waals surface area contributed by atoms with E-state index < -0.39 is 5.60 Å². The highest BCUT2D eigenvalue weighted by molar-refractivity contribution is 5.83. The molecule has 2 aliphatic heterocycles. The molecule has 1 atom stereocenters. The minimum atomic E-state index is -0.956. The smallest absolute Gasteiger partial charge is 0.244 e. The normalized spacial score (nSPS) is 20.9. The van der Waals surface area contributed by atoms with E-state index in [-0.39, 0.29) is 11.9 Å². The molecule has 4 rings (SSSR count). The summed E-state index contributed by atoms with van der Waals surface area (Å²) in [6.45, 7) is 4.94. The van der Waals surface area contributed by atoms with Crippen molar-refractivity contribution in [2.24, 2.45) is 0 Å². The van der Waals surface area contributed by atoms with Gasteiger partial charge in [-0.05, 0) is 69.0 Å². The molecular weight excluding hydrogens is 352 g/mol. The summed E-state index contributed by atoms with van der Waals surface area (Å²) in [5, 5.41) is 11.1. The van der Waals surface area contributed by atoms with E-state index in [9.17, 15) is 9.90 Å². The van der Waals surface area contributed by atoms with Gasteiger partial charge in [-0.15, -0.1) is 0 Å². The average molecular weight is 380 g/mol. The third kappa shape index (κ3) is 3.80. The van der Waals surface area contributed by atoms with Crippen LogP contribution in [0.15, 0.2) is 42.9 Å². The van der Waals surface area contributed by atoms with E-state index in [4.69, 9.17) is 0 Å². The Bertz CT molecular complexity index is 795. The van der Waals surface area contributed by atoms with Crippen molar-refractivity contribution < 1.29 is 9.90 Å². The Morgan fingerprint density at radius 3 is 2.46 bits per heavy atom. The number of hydrogen-bond acceptors (Lipinski definition) is 5. The topological polar surface area (TPSA) is 69.6 Å². The first kappa shape index (κ1) is 19.0. The molecule has 2 aromatic rings. The molecule has 0 aliphatic carbocycles. The van der Waals surface area contributed by atoms with Gasteiger partial charge in [0.25, 0.3) is 0 Å². The Hall–Kier alpha value is -2.31. The average Bonchev–Trinajstić information content (AvgIpc) is 3.24. The molecule has 2 fully saturated rings. The minimum absolute atomic E-state index is 0.119. The van der Waals surface area contributed by atoms with Crippen molar-refractivity contribution in [2.75, 3.05) is 26.2 Å². The zero-order valence-corrected chi connectivity index (χ0v) is 16.4. The Morgan fingerprint density at radius 1 is 1.11 bits per heavy atom. The van der Waals surface area contributed by atoms with Gasteiger partial charge in [-0.3, -0.25) is 19.7 Å². The van der Waals surface area contributed by atoms with E-state index in [1.807, 2.05) is 36.1 Å². The van der Waals surface area contributed by atoms with Crippen molar-refractivity contribution in [1.29, 1.82) is 0 Å². The summed E-state index contributed by atoms with van der Waals surface area (Å²) < 4.78 is 0. The highest BCUT2D eigenvalue weighted by Crippen LogP contribution is 2.34. The number of aliphatic hydroxyl groups is 1. The lowest BCUT2D eigenvalue weighted by molar-refractivity contribution is -0.141. The van der Waals surface area contributed by atoms with Gasteiger partial charge >= 0.3 is 0 Å². The molecule has 0 aromatic carbocycles. The van der Waals surface area contributed by atoms with Crippen molar-refractivity contribution in [3.8, 4) is 0 Å². The van der Waals surface area contributed by atoms with E-state index in [1.54, 1.807) is 18.6 Å². The van der Waals surface area contributed by atoms with Crippen molar-refractivity contribution >= 4 is 5.91 Å². The lowest BCUT2D eigenvalue weighted by Gasteiger charge is -2.40. The van der Waals surface area contributed by atoms with Gasteiger partial charge in [0.2, 0.25) is 5.91 Å². The van der Waals surface area contributed by atoms with Crippen molar-refractivity contribution in [1.82, 2.24) is 19.8 Å². The number of carbonyl (C=O) groups excluding carboxylic acids is 1. The van der Waals surface area contributed by atoms with Gasteiger partial charge in [0.1, 0.15) is 11.6 Å². The maximum atomic E-state index is 13.4. The molecule has 2 aliphatic rings. The number of nitrogens with zero attached hydrogens (tertiary/aromatic N) is 4. The van der Waals surface area contributed by atoms with Gasteiger partial charge in [0.15, 0.2) is 0 Å². The van der Waals surface area contributed by atoms with Crippen LogP contribution in [0.3, 0.4) is 0 Å². The zero-order chi connectivity index (χ0) is 19.6. The molecule has 1 unspecified atom stereocenters. The maximum Gasteiger partial charge on any atom is 0.244 e. The second-order valence-corrected chi connectivity index (χ2v) is 8.01. The molecule has 4 heterocycles. The predicted molar refractivity (Wildman–Crippen MR) is 106 cm³/mol. The molecule has 28 heavy (non-hydrogen) atoms. The van der Waals surface area contributed by atoms with Gasteiger partial charge in [-0.25, -0.2) is 0 Å². The van der Waals surface area contributed by atoms with Crippen molar-refractivity contribution in [3.63, 3.8) is 0 Å². The molecule has 0 radical (unpaired) electrons. The van der Waals surface area contributed by atoms with E-state index in [0.29, 0.717) is 31.6 Å². The Kier molecular flexibility index (Phi) is 5.42. The number of amides is 1. The standard InChI is InChI=1S/C22H28N4O2/c1-17-6-7-19(24-15-17)22(28)8-13-26(14-9-22)21(27)20(25-11-2-3-12-25)18-5-4-10-23-16-18/h4-7,10,15-16,20,28H,2-3,8-9,11-14H2,1H3. The van der Waals surface area contributed by atoms with Crippen LogP contribution in [-0.2, 0) is 10.4 Å². The zero-order valence-electron chi connectivity index (χ0n) is 16.4. The number of rotatable bonds is 4. The number of hydrogen-bond donors (Lipinski definition) is 1. The number of likely N-dealkylation sites (tertiary alicyclic amines) is 2. The molecular formula is C22H28N4O2. The summed E-state index contributed by atoms with van der Waals surface area (Å²) in [6, 6.07) is 7.48. The molecule has 1 N–H and O–H groups in total. The molecule has 0 spiro atoms. The molecule has 1 amide bonds. The van der Waals surface area contributed by atoms with Crippen LogP contribution in [0.1, 0.15) is 48.5 Å². The quantitative estimate of drug-likeness (QED) is 0.882. The van der Waals surface area contributed by atoms with Crippen molar-refractivity contribution in [3.05, 3.63) is 59.7 Å². The first-order valence-corrected chi connectivity index (χ1v) is 10.2. The van der Waals surface area contributed by atoms with Crippen LogP contribution >= 0.6 is 0 Å². The summed E-state index contributed by atoms with van der Waals surface area (Å²) in [5.41, 5.74) is 1.77. The minimum Gasteiger partial charge on any atom is -0.383 e. The summed E-state index contributed by atoms with van der Waals surface area (Å²) >= 11 is 0. The third-order valence-electron chi connectivity index (χ3n) is 6.03. The molecule has 2 aromatic heterocycles. The Balaban J connectivity index is 1.49. The van der Waals surface area contributed by atoms with Gasteiger partial charge < -0.3 is 10.0 Å². The fraction of sp³-hybridized carbons (Fsp3) is 0.500. The number of piperidine rings is 1. The summed E-state index contributed by atoms with van der Waals surface area (Å²) in [4.78, 5) is 26.3. The third-order valence-corrected chi connectivity index (χ3v) is 6.03. The van der Waals surface area contributed by atoms with Gasteiger partial charge in [0.05, 0.1) is 5.69 Å². The van der Waals surface area contributed by atoms with Gasteiger partial charge in [-0.2, -0.15) is 0 Å². The van der Waals surface area contributed by atoms with Crippen LogP contribution in [0.4, 0.5) is 0 Å². The fourth-order valence-corrected chi connectivity index (χ4v) is 4.32. The summed E-state index contributed by atoms with van der Waals surface area (Å²) in [6.07, 6.45) is 8.60. The van der Waals surface area contributed by atoms with E-state index in [2.05, 4.69) is 14.9 Å². The Morgan fingerprint density at radius 2 is 1.86 bits per heavy atom. The molecule has 148 valence electrons. The SMILES string of the molecule is Cc1ccc(C2(O)CCN(C(=O)C(c3cccnc3)N3CCCC3)CC2)nc1. The van der Waals surface area contributed by atoms with Gasteiger partial charge in [0, 0.05) is 31.7 Å². The highest BCUT2D eigenvalue weighted by Gasteiger charge is 2.40. The van der Waals surface area contributed by atoms with Crippen LogP contribution in [-0.4, -0.2) is 57.0 Å². The number of aryl methyl sites for hydroxylation is 1. The first-order chi connectivity index (χ1) is 13.6. The predicted octanol–water partition coefficient (Wildman–Crippen LogP) is 2.43. The largest absolute Gasteiger partial charge is 0.383 e. The molecule has 2 saturated heterocycles. The van der Waals surface area contributed by atoms with Gasteiger partial charge in [-0.1, -0.05) is 12.1 Å². The molecule has 6 nitrogen and oxygen atoms in total. The van der Waals surface area contributed by atoms with E-state index in [1.165, 1.54) is 0 Å². The van der Waals surface area contributed by atoms with E-state index in [0.717, 1.165) is 37.1 Å². The second kappa shape index (κ2) is 7.97. The Labute approximate surface area is 166 Å². The van der Waals surface area contributed by atoms with Crippen LogP contribution in [0.25, 0.3) is 0 Å². The van der Waals surface area contributed by atoms with Crippen LogP contribution in [0.5, 0.6) is 0 Å². The van der Waals surface area contributed by atoms with Crippen LogP contribution < -0.4 is 0 Å². The van der Waals surface area contributed by atoms with Crippen LogP contribution in [0, 0.1) is 6.92 Å². The lowest BCUT2D eigenvalue weighted by atomic mass is 9.87. The van der Waals surface area contributed by atoms with Crippen molar-refractivity contribution in [2.45, 2.75) is 44.2 Å². The maximum absolute atomic E-state index is 13.4. The first-order valence-electron chi connectivity index (χ1n) is 10.2. The summed E-state index contributed by atoms with van der Waals surface area (Å²) in [7, 11) is 0. The molecule has 6 heteroatoms. The highest BCUT2D eigenvalue weighted by atomic mass is 16.3. The van der Waals surface area contributed by atoms with E-state index >= 15 is 0 Å². The number of carbonyl (C=O) groups is 1. The fourth-order valence-electron chi connectivity index (χ4n) is 4.32. The molecule has 0 bridgehead atoms. The second-order valence-electron chi connectivity index (χ2n) is 8.01.